The number of nitrogens with zero attached hydrogens (tertiary/aromatic N) is 2. The van der Waals surface area contributed by atoms with E-state index in [1.54, 1.807) is 17.7 Å². The van der Waals surface area contributed by atoms with E-state index in [4.69, 9.17) is 16.3 Å². The molecule has 6 rings (SSSR count). The third-order valence-corrected chi connectivity index (χ3v) is 7.42. The molecule has 0 saturated heterocycles. The van der Waals surface area contributed by atoms with E-state index in [1.807, 2.05) is 102 Å². The first-order chi connectivity index (χ1) is 18.6. The summed E-state index contributed by atoms with van der Waals surface area (Å²) in [6.07, 6.45) is 0.604. The van der Waals surface area contributed by atoms with Crippen LogP contribution >= 0.6 is 11.6 Å². The van der Waals surface area contributed by atoms with Gasteiger partial charge in [0, 0.05) is 28.1 Å². The third kappa shape index (κ3) is 4.05. The van der Waals surface area contributed by atoms with Crippen molar-refractivity contribution in [2.24, 2.45) is 0 Å². The summed E-state index contributed by atoms with van der Waals surface area (Å²) in [5.41, 5.74) is 4.67. The summed E-state index contributed by atoms with van der Waals surface area (Å²) in [4.78, 5) is 29.9. The molecular weight excluding hydrogens is 496 g/mol. The topological polar surface area (TPSA) is 51.5 Å². The standard InChI is InChI=1S/C32H25ClN2O3/c1-38-25-15-12-21(13-16-25)29-30-26(18-19-34(29)31(36)22-8-4-2-5-9-22)27-20-24(33)14-17-28(27)35(30)32(37)23-10-6-3-7-11-23/h2-17,20,29H,18-19H2,1H3. The van der Waals surface area contributed by atoms with E-state index in [2.05, 4.69) is 0 Å². The van der Waals surface area contributed by atoms with Crippen molar-refractivity contribution >= 4 is 34.3 Å². The Labute approximate surface area is 225 Å². The van der Waals surface area contributed by atoms with Crippen LogP contribution in [0.25, 0.3) is 10.9 Å². The van der Waals surface area contributed by atoms with Gasteiger partial charge in [0.05, 0.1) is 24.4 Å². The highest BCUT2D eigenvalue weighted by Crippen LogP contribution is 2.42. The van der Waals surface area contributed by atoms with Gasteiger partial charge in [-0.1, -0.05) is 60.1 Å². The molecule has 2 heterocycles. The van der Waals surface area contributed by atoms with Crippen molar-refractivity contribution < 1.29 is 14.3 Å². The van der Waals surface area contributed by atoms with Crippen molar-refractivity contribution in [1.82, 2.24) is 9.47 Å². The van der Waals surface area contributed by atoms with Crippen LogP contribution in [-0.2, 0) is 6.42 Å². The van der Waals surface area contributed by atoms with Crippen LogP contribution in [0.4, 0.5) is 0 Å². The number of carbonyl (C=O) groups is 2. The van der Waals surface area contributed by atoms with Crippen LogP contribution in [-0.4, -0.2) is 34.9 Å². The van der Waals surface area contributed by atoms with E-state index in [-0.39, 0.29) is 11.8 Å². The maximum absolute atomic E-state index is 14.1. The minimum atomic E-state index is -0.490. The molecule has 0 spiro atoms. The van der Waals surface area contributed by atoms with Crippen LogP contribution in [0.1, 0.15) is 43.6 Å². The van der Waals surface area contributed by atoms with Crippen LogP contribution in [0.5, 0.6) is 5.75 Å². The van der Waals surface area contributed by atoms with Gasteiger partial charge >= 0.3 is 0 Å². The molecular formula is C32H25ClN2O3. The fraction of sp³-hybridized carbons (Fsp3) is 0.125. The molecule has 38 heavy (non-hydrogen) atoms. The second kappa shape index (κ2) is 9.84. The van der Waals surface area contributed by atoms with E-state index < -0.39 is 6.04 Å². The van der Waals surface area contributed by atoms with Gasteiger partial charge in [-0.25, -0.2) is 0 Å². The predicted molar refractivity (Wildman–Crippen MR) is 149 cm³/mol. The van der Waals surface area contributed by atoms with Gasteiger partial charge in [-0.15, -0.1) is 0 Å². The Morgan fingerprint density at radius 2 is 1.45 bits per heavy atom. The number of hydrogen-bond acceptors (Lipinski definition) is 3. The number of rotatable bonds is 4. The molecule has 188 valence electrons. The lowest BCUT2D eigenvalue weighted by Crippen LogP contribution is -2.42. The second-order valence-corrected chi connectivity index (χ2v) is 9.76. The molecule has 0 saturated carbocycles. The van der Waals surface area contributed by atoms with Crippen LogP contribution in [0, 0.1) is 0 Å². The van der Waals surface area contributed by atoms with E-state index in [1.165, 1.54) is 0 Å². The molecule has 0 N–H and O–H groups in total. The zero-order valence-electron chi connectivity index (χ0n) is 20.8. The smallest absolute Gasteiger partial charge is 0.262 e. The SMILES string of the molecule is COc1ccc(C2c3c(c4cc(Cl)ccc4n3C(=O)c3ccccc3)CCN2C(=O)c2ccccc2)cc1. The minimum absolute atomic E-state index is 0.0842. The van der Waals surface area contributed by atoms with Crippen molar-refractivity contribution in [3.63, 3.8) is 0 Å². The van der Waals surface area contributed by atoms with Crippen molar-refractivity contribution in [2.45, 2.75) is 12.5 Å². The molecule has 6 heteroatoms. The van der Waals surface area contributed by atoms with Gasteiger partial charge in [0.25, 0.3) is 11.8 Å². The maximum atomic E-state index is 14.1. The summed E-state index contributed by atoms with van der Waals surface area (Å²) < 4.78 is 7.17. The second-order valence-electron chi connectivity index (χ2n) is 9.32. The number of amides is 1. The van der Waals surface area contributed by atoms with E-state index in [0.717, 1.165) is 33.5 Å². The largest absolute Gasteiger partial charge is 0.497 e. The number of ether oxygens (including phenoxy) is 1. The normalized spacial score (nSPS) is 14.8. The number of aromatic nitrogens is 1. The zero-order chi connectivity index (χ0) is 26.2. The Kier molecular flexibility index (Phi) is 6.22. The molecule has 0 fully saturated rings. The molecule has 1 aromatic heterocycles. The molecule has 5 nitrogen and oxygen atoms in total. The molecule has 1 amide bonds. The van der Waals surface area contributed by atoms with Crippen molar-refractivity contribution in [3.8, 4) is 5.75 Å². The number of methoxy groups -OCH3 is 1. The molecule has 0 radical (unpaired) electrons. The molecule has 1 unspecified atom stereocenters. The summed E-state index contributed by atoms with van der Waals surface area (Å²) >= 11 is 6.44. The Balaban J connectivity index is 1.62. The predicted octanol–water partition coefficient (Wildman–Crippen LogP) is 6.78. The molecule has 1 aliphatic heterocycles. The first-order valence-corrected chi connectivity index (χ1v) is 12.9. The van der Waals surface area contributed by atoms with Gasteiger partial charge in [-0.05, 0) is 72.1 Å². The van der Waals surface area contributed by atoms with Crippen molar-refractivity contribution in [1.29, 1.82) is 0 Å². The van der Waals surface area contributed by atoms with Gasteiger partial charge < -0.3 is 9.64 Å². The lowest BCUT2D eigenvalue weighted by Gasteiger charge is -2.37. The van der Waals surface area contributed by atoms with Gasteiger partial charge in [-0.3, -0.25) is 14.2 Å². The Morgan fingerprint density at radius 1 is 0.816 bits per heavy atom. The molecule has 1 aliphatic rings. The summed E-state index contributed by atoms with van der Waals surface area (Å²) in [5.74, 6) is 0.490. The van der Waals surface area contributed by atoms with Crippen molar-refractivity contribution in [3.05, 3.63) is 136 Å². The number of halogens is 1. The van der Waals surface area contributed by atoms with Crippen LogP contribution in [0.3, 0.4) is 0 Å². The lowest BCUT2D eigenvalue weighted by molar-refractivity contribution is 0.0683. The maximum Gasteiger partial charge on any atom is 0.262 e. The fourth-order valence-corrected chi connectivity index (χ4v) is 5.60. The highest BCUT2D eigenvalue weighted by molar-refractivity contribution is 6.31. The highest BCUT2D eigenvalue weighted by atomic mass is 35.5. The summed E-state index contributed by atoms with van der Waals surface area (Å²) in [6.45, 7) is 0.503. The molecule has 4 aromatic carbocycles. The first kappa shape index (κ1) is 24.0. The first-order valence-electron chi connectivity index (χ1n) is 12.5. The Morgan fingerprint density at radius 3 is 2.08 bits per heavy atom. The fourth-order valence-electron chi connectivity index (χ4n) is 5.42. The average molecular weight is 521 g/mol. The number of carbonyl (C=O) groups excluding carboxylic acids is 2. The Hall–Kier alpha value is -4.35. The van der Waals surface area contributed by atoms with Gasteiger partial charge in [-0.2, -0.15) is 0 Å². The number of hydrogen-bond donors (Lipinski definition) is 0. The summed E-state index contributed by atoms with van der Waals surface area (Å²) in [5, 5.41) is 1.54. The van der Waals surface area contributed by atoms with Crippen molar-refractivity contribution in [2.75, 3.05) is 13.7 Å². The van der Waals surface area contributed by atoms with E-state index in [0.29, 0.717) is 29.1 Å². The minimum Gasteiger partial charge on any atom is -0.497 e. The van der Waals surface area contributed by atoms with Gasteiger partial charge in [0.1, 0.15) is 5.75 Å². The van der Waals surface area contributed by atoms with Gasteiger partial charge in [0.2, 0.25) is 0 Å². The zero-order valence-corrected chi connectivity index (χ0v) is 21.6. The van der Waals surface area contributed by atoms with E-state index in [9.17, 15) is 9.59 Å². The van der Waals surface area contributed by atoms with Crippen LogP contribution in [0.15, 0.2) is 103 Å². The highest BCUT2D eigenvalue weighted by Gasteiger charge is 2.38. The van der Waals surface area contributed by atoms with Crippen LogP contribution in [0.2, 0.25) is 5.02 Å². The van der Waals surface area contributed by atoms with E-state index >= 15 is 0 Å². The average Bonchev–Trinajstić information content (AvgIpc) is 3.30. The third-order valence-electron chi connectivity index (χ3n) is 7.19. The number of benzene rings is 4. The lowest BCUT2D eigenvalue weighted by atomic mass is 9.91. The Bertz CT molecular complexity index is 1640. The molecule has 0 aliphatic carbocycles. The molecule has 1 atom stereocenters. The quantitative estimate of drug-likeness (QED) is 0.262. The molecule has 5 aromatic rings. The van der Waals surface area contributed by atoms with Gasteiger partial charge in [0.15, 0.2) is 0 Å². The summed E-state index contributed by atoms with van der Waals surface area (Å²) in [7, 11) is 1.62. The van der Waals surface area contributed by atoms with Crippen LogP contribution < -0.4 is 4.74 Å². The summed E-state index contributed by atoms with van der Waals surface area (Å²) in [6, 6.07) is 31.3. The molecule has 0 bridgehead atoms. The number of fused-ring (bicyclic) bond motifs is 3. The monoisotopic (exact) mass is 520 g/mol.